The summed E-state index contributed by atoms with van der Waals surface area (Å²) in [5.74, 6) is 2.45. The first kappa shape index (κ1) is 28.0. The quantitative estimate of drug-likeness (QED) is 0.288. The standard InChI is InChI=1S/C33H43F3O/c1-3-5-24-7-13-27(14-8-24)29-17-11-26(12-18-29)23-37-33(35,36)32(34)31-21-19-30(20-22-31)28-15-9-25(6-4-2)10-16-28/h3,5,11-12,17-22,24-25,27-28,32H,4,6-10,13-16,23H2,1-2H3. The monoisotopic (exact) mass is 512 g/mol. The molecule has 202 valence electrons. The van der Waals surface area contributed by atoms with Gasteiger partial charge in [-0.3, -0.25) is 0 Å². The second-order valence-electron chi connectivity index (χ2n) is 11.3. The van der Waals surface area contributed by atoms with E-state index >= 15 is 0 Å². The van der Waals surface area contributed by atoms with E-state index in [2.05, 4.69) is 26.0 Å². The topological polar surface area (TPSA) is 9.23 Å². The summed E-state index contributed by atoms with van der Waals surface area (Å²) in [6.07, 6.45) is 9.90. The third kappa shape index (κ3) is 7.50. The molecule has 4 heteroatoms. The van der Waals surface area contributed by atoms with E-state index in [4.69, 9.17) is 4.74 Å². The lowest BCUT2D eigenvalue weighted by Crippen LogP contribution is -2.27. The van der Waals surface area contributed by atoms with Crippen LogP contribution in [0.3, 0.4) is 0 Å². The average molecular weight is 513 g/mol. The van der Waals surface area contributed by atoms with Crippen molar-refractivity contribution in [2.24, 2.45) is 11.8 Å². The second-order valence-corrected chi connectivity index (χ2v) is 11.3. The van der Waals surface area contributed by atoms with E-state index in [0.717, 1.165) is 37.2 Å². The van der Waals surface area contributed by atoms with E-state index in [0.29, 0.717) is 23.3 Å². The number of hydrogen-bond acceptors (Lipinski definition) is 1. The summed E-state index contributed by atoms with van der Waals surface area (Å²) in [5.41, 5.74) is 2.98. The summed E-state index contributed by atoms with van der Waals surface area (Å²) in [5, 5.41) is 0. The maximum absolute atomic E-state index is 14.8. The summed E-state index contributed by atoms with van der Waals surface area (Å²) in [7, 11) is 0. The molecule has 4 rings (SSSR count). The van der Waals surface area contributed by atoms with Crippen molar-refractivity contribution in [1.29, 1.82) is 0 Å². The maximum atomic E-state index is 14.8. The van der Waals surface area contributed by atoms with Crippen molar-refractivity contribution in [2.75, 3.05) is 0 Å². The normalized spacial score (nSPS) is 25.9. The van der Waals surface area contributed by atoms with Crippen LogP contribution in [0.15, 0.2) is 60.7 Å². The first-order valence-electron chi connectivity index (χ1n) is 14.4. The van der Waals surface area contributed by atoms with Crippen molar-refractivity contribution in [3.05, 3.63) is 82.9 Å². The Bertz CT molecular complexity index is 966. The number of allylic oxidation sites excluding steroid dienone is 2. The molecule has 1 unspecified atom stereocenters. The lowest BCUT2D eigenvalue weighted by Gasteiger charge is -2.29. The molecule has 0 aromatic heterocycles. The average Bonchev–Trinajstić information content (AvgIpc) is 2.93. The zero-order valence-electron chi connectivity index (χ0n) is 22.5. The Morgan fingerprint density at radius 2 is 1.38 bits per heavy atom. The fourth-order valence-corrected chi connectivity index (χ4v) is 6.38. The van der Waals surface area contributed by atoms with E-state index in [-0.39, 0.29) is 12.2 Å². The molecule has 1 nitrogen and oxygen atoms in total. The molecular weight excluding hydrogens is 469 g/mol. The molecule has 0 N–H and O–H groups in total. The minimum atomic E-state index is -3.89. The molecule has 0 saturated heterocycles. The van der Waals surface area contributed by atoms with Crippen LogP contribution < -0.4 is 0 Å². The van der Waals surface area contributed by atoms with E-state index in [1.165, 1.54) is 56.2 Å². The molecule has 2 aliphatic rings. The third-order valence-corrected chi connectivity index (χ3v) is 8.66. The minimum absolute atomic E-state index is 0.0303. The Balaban J connectivity index is 1.27. The van der Waals surface area contributed by atoms with Crippen LogP contribution in [-0.4, -0.2) is 6.11 Å². The molecule has 0 aliphatic heterocycles. The first-order chi connectivity index (χ1) is 17.9. The molecule has 2 aromatic carbocycles. The number of halogens is 3. The molecule has 2 saturated carbocycles. The van der Waals surface area contributed by atoms with Gasteiger partial charge < -0.3 is 4.74 Å². The van der Waals surface area contributed by atoms with Gasteiger partial charge in [-0.05, 0) is 104 Å². The number of rotatable bonds is 10. The first-order valence-corrected chi connectivity index (χ1v) is 14.4. The van der Waals surface area contributed by atoms with Crippen LogP contribution >= 0.6 is 0 Å². The maximum Gasteiger partial charge on any atom is 0.391 e. The zero-order chi connectivity index (χ0) is 26.3. The molecule has 0 spiro atoms. The van der Waals surface area contributed by atoms with Crippen LogP contribution in [0.25, 0.3) is 0 Å². The Morgan fingerprint density at radius 3 is 1.92 bits per heavy atom. The summed E-state index contributed by atoms with van der Waals surface area (Å²) in [4.78, 5) is 0. The van der Waals surface area contributed by atoms with Crippen LogP contribution in [0, 0.1) is 11.8 Å². The molecule has 0 radical (unpaired) electrons. The number of ether oxygens (including phenoxy) is 1. The second kappa shape index (κ2) is 13.1. The van der Waals surface area contributed by atoms with Gasteiger partial charge in [0.15, 0.2) is 0 Å². The van der Waals surface area contributed by atoms with E-state index in [1.807, 2.05) is 36.4 Å². The van der Waals surface area contributed by atoms with Crippen molar-refractivity contribution in [1.82, 2.24) is 0 Å². The Kier molecular flexibility index (Phi) is 9.92. The molecule has 2 fully saturated rings. The number of hydrogen-bond donors (Lipinski definition) is 0. The molecule has 0 amide bonds. The van der Waals surface area contributed by atoms with Crippen LogP contribution in [0.2, 0.25) is 0 Å². The van der Waals surface area contributed by atoms with Crippen molar-refractivity contribution >= 4 is 0 Å². The van der Waals surface area contributed by atoms with Crippen LogP contribution in [0.5, 0.6) is 0 Å². The molecule has 0 bridgehead atoms. The Morgan fingerprint density at radius 1 is 0.838 bits per heavy atom. The van der Waals surface area contributed by atoms with Gasteiger partial charge in [0.05, 0.1) is 6.61 Å². The molecule has 0 heterocycles. The van der Waals surface area contributed by atoms with E-state index in [9.17, 15) is 13.2 Å². The predicted molar refractivity (Wildman–Crippen MR) is 146 cm³/mol. The fraction of sp³-hybridized carbons (Fsp3) is 0.576. The Labute approximate surface area is 221 Å². The highest BCUT2D eigenvalue weighted by Crippen LogP contribution is 2.40. The lowest BCUT2D eigenvalue weighted by molar-refractivity contribution is -0.282. The highest BCUT2D eigenvalue weighted by atomic mass is 19.3. The fourth-order valence-electron chi connectivity index (χ4n) is 6.38. The van der Waals surface area contributed by atoms with Gasteiger partial charge >= 0.3 is 6.11 Å². The third-order valence-electron chi connectivity index (χ3n) is 8.66. The van der Waals surface area contributed by atoms with Gasteiger partial charge in [-0.1, -0.05) is 80.4 Å². The van der Waals surface area contributed by atoms with Gasteiger partial charge in [0.2, 0.25) is 6.17 Å². The van der Waals surface area contributed by atoms with Crippen molar-refractivity contribution in [2.45, 2.75) is 109 Å². The lowest BCUT2D eigenvalue weighted by atomic mass is 9.77. The van der Waals surface area contributed by atoms with Crippen LogP contribution in [-0.2, 0) is 11.3 Å². The predicted octanol–water partition coefficient (Wildman–Crippen LogP) is 10.4. The van der Waals surface area contributed by atoms with Crippen molar-refractivity contribution in [3.63, 3.8) is 0 Å². The molecule has 2 aliphatic carbocycles. The smallest absolute Gasteiger partial charge is 0.313 e. The summed E-state index contributed by atoms with van der Waals surface area (Å²) in [6.45, 7) is 3.98. The van der Waals surface area contributed by atoms with Gasteiger partial charge in [0, 0.05) is 0 Å². The largest absolute Gasteiger partial charge is 0.391 e. The van der Waals surface area contributed by atoms with E-state index in [1.54, 1.807) is 0 Å². The Hall–Kier alpha value is -2.07. The number of benzene rings is 2. The number of alkyl halides is 3. The van der Waals surface area contributed by atoms with Gasteiger partial charge in [0.1, 0.15) is 0 Å². The summed E-state index contributed by atoms with van der Waals surface area (Å²) >= 11 is 0. The molecule has 1 atom stereocenters. The molecular formula is C33H43F3O. The molecule has 37 heavy (non-hydrogen) atoms. The highest BCUT2D eigenvalue weighted by molar-refractivity contribution is 5.28. The minimum Gasteiger partial charge on any atom is -0.313 e. The van der Waals surface area contributed by atoms with E-state index < -0.39 is 12.3 Å². The highest BCUT2D eigenvalue weighted by Gasteiger charge is 2.43. The van der Waals surface area contributed by atoms with Gasteiger partial charge in [-0.15, -0.1) is 0 Å². The van der Waals surface area contributed by atoms with Gasteiger partial charge in [0.25, 0.3) is 0 Å². The SMILES string of the molecule is CC=CC1CCC(c2ccc(COC(F)(F)C(F)c3ccc(C4CCC(CCC)CC4)cc3)cc2)CC1. The summed E-state index contributed by atoms with van der Waals surface area (Å²) in [6, 6.07) is 14.4. The molecule has 2 aromatic rings. The van der Waals surface area contributed by atoms with Crippen LogP contribution in [0.1, 0.15) is 118 Å². The van der Waals surface area contributed by atoms with Gasteiger partial charge in [-0.25, -0.2) is 4.39 Å². The van der Waals surface area contributed by atoms with Gasteiger partial charge in [-0.2, -0.15) is 8.78 Å². The van der Waals surface area contributed by atoms with Crippen LogP contribution in [0.4, 0.5) is 13.2 Å². The zero-order valence-corrected chi connectivity index (χ0v) is 22.5. The van der Waals surface area contributed by atoms with Crippen molar-refractivity contribution < 1.29 is 17.9 Å². The van der Waals surface area contributed by atoms with Crippen molar-refractivity contribution in [3.8, 4) is 0 Å². The summed E-state index contributed by atoms with van der Waals surface area (Å²) < 4.78 is 48.9.